The molecule has 0 aromatic carbocycles. The van der Waals surface area contributed by atoms with E-state index in [-0.39, 0.29) is 0 Å². The van der Waals surface area contributed by atoms with Crippen LogP contribution in [0.2, 0.25) is 0 Å². The summed E-state index contributed by atoms with van der Waals surface area (Å²) in [4.78, 5) is 4.41. The van der Waals surface area contributed by atoms with Crippen LogP contribution in [0.3, 0.4) is 0 Å². The molecule has 0 bridgehead atoms. The molecule has 4 heteroatoms. The lowest BCUT2D eigenvalue weighted by atomic mass is 9.90. The molecule has 100 valence electrons. The average molecular weight is 241 g/mol. The molecule has 2 unspecified atom stereocenters. The van der Waals surface area contributed by atoms with Gasteiger partial charge in [0.05, 0.1) is 6.10 Å². The van der Waals surface area contributed by atoms with Crippen molar-refractivity contribution in [2.75, 3.05) is 13.2 Å². The molecule has 0 saturated carbocycles. The van der Waals surface area contributed by atoms with Gasteiger partial charge in [-0.25, -0.2) is 0 Å². The molecule has 1 aliphatic rings. The van der Waals surface area contributed by atoms with Crippen LogP contribution < -0.4 is 11.1 Å². The van der Waals surface area contributed by atoms with Crippen molar-refractivity contribution < 1.29 is 4.74 Å². The number of guanidine groups is 1. The zero-order valence-electron chi connectivity index (χ0n) is 11.6. The fourth-order valence-corrected chi connectivity index (χ4v) is 2.10. The SMILES string of the molecule is CC(C)NC(N)=NCC1CCOC(C(C)C)C1. The van der Waals surface area contributed by atoms with Crippen LogP contribution in [0.5, 0.6) is 0 Å². The minimum Gasteiger partial charge on any atom is -0.378 e. The summed E-state index contributed by atoms with van der Waals surface area (Å²) in [7, 11) is 0. The molecule has 0 amide bonds. The summed E-state index contributed by atoms with van der Waals surface area (Å²) in [6.07, 6.45) is 2.60. The third-order valence-electron chi connectivity index (χ3n) is 3.12. The van der Waals surface area contributed by atoms with Gasteiger partial charge in [0.25, 0.3) is 0 Å². The number of aliphatic imine (C=N–C) groups is 1. The van der Waals surface area contributed by atoms with Gasteiger partial charge in [-0.05, 0) is 38.5 Å². The molecule has 0 spiro atoms. The third-order valence-corrected chi connectivity index (χ3v) is 3.12. The first-order valence-corrected chi connectivity index (χ1v) is 6.67. The minimum absolute atomic E-state index is 0.344. The Morgan fingerprint density at radius 3 is 2.71 bits per heavy atom. The second-order valence-electron chi connectivity index (χ2n) is 5.57. The highest BCUT2D eigenvalue weighted by Crippen LogP contribution is 2.24. The lowest BCUT2D eigenvalue weighted by molar-refractivity contribution is -0.0320. The molecule has 0 aromatic heterocycles. The second-order valence-corrected chi connectivity index (χ2v) is 5.57. The van der Waals surface area contributed by atoms with E-state index in [0.717, 1.165) is 26.0 Å². The minimum atomic E-state index is 0.344. The Morgan fingerprint density at radius 2 is 2.12 bits per heavy atom. The van der Waals surface area contributed by atoms with Gasteiger partial charge in [-0.1, -0.05) is 13.8 Å². The summed E-state index contributed by atoms with van der Waals surface area (Å²) in [6.45, 7) is 10.2. The van der Waals surface area contributed by atoms with Crippen molar-refractivity contribution >= 4 is 5.96 Å². The van der Waals surface area contributed by atoms with Gasteiger partial charge in [0.1, 0.15) is 0 Å². The monoisotopic (exact) mass is 241 g/mol. The predicted molar refractivity (Wildman–Crippen MR) is 72.1 cm³/mol. The first-order valence-electron chi connectivity index (χ1n) is 6.67. The van der Waals surface area contributed by atoms with Crippen LogP contribution in [0.4, 0.5) is 0 Å². The Kier molecular flexibility index (Phi) is 5.75. The van der Waals surface area contributed by atoms with Crippen molar-refractivity contribution in [3.05, 3.63) is 0 Å². The van der Waals surface area contributed by atoms with Gasteiger partial charge in [-0.15, -0.1) is 0 Å². The van der Waals surface area contributed by atoms with Crippen molar-refractivity contribution in [3.8, 4) is 0 Å². The number of ether oxygens (including phenoxy) is 1. The molecule has 2 atom stereocenters. The zero-order valence-corrected chi connectivity index (χ0v) is 11.6. The molecule has 1 rings (SSSR count). The van der Waals surface area contributed by atoms with Gasteiger partial charge >= 0.3 is 0 Å². The molecule has 1 saturated heterocycles. The van der Waals surface area contributed by atoms with Gasteiger partial charge in [0.2, 0.25) is 0 Å². The van der Waals surface area contributed by atoms with E-state index in [4.69, 9.17) is 10.5 Å². The fraction of sp³-hybridized carbons (Fsp3) is 0.923. The Morgan fingerprint density at radius 1 is 1.41 bits per heavy atom. The van der Waals surface area contributed by atoms with Crippen LogP contribution >= 0.6 is 0 Å². The Labute approximate surface area is 105 Å². The van der Waals surface area contributed by atoms with E-state index in [1.54, 1.807) is 0 Å². The lowest BCUT2D eigenvalue weighted by Crippen LogP contribution is -2.37. The van der Waals surface area contributed by atoms with Crippen LogP contribution in [-0.2, 0) is 4.74 Å². The predicted octanol–water partition coefficient (Wildman–Crippen LogP) is 1.75. The highest BCUT2D eigenvalue weighted by Gasteiger charge is 2.24. The van der Waals surface area contributed by atoms with Gasteiger partial charge in [-0.2, -0.15) is 0 Å². The third kappa shape index (κ3) is 5.39. The first-order chi connectivity index (χ1) is 7.99. The number of nitrogens with one attached hydrogen (secondary N) is 1. The van der Waals surface area contributed by atoms with Crippen LogP contribution in [-0.4, -0.2) is 31.3 Å². The molecule has 0 aliphatic carbocycles. The van der Waals surface area contributed by atoms with E-state index in [9.17, 15) is 0 Å². The van der Waals surface area contributed by atoms with Crippen molar-refractivity contribution in [2.24, 2.45) is 22.6 Å². The fourth-order valence-electron chi connectivity index (χ4n) is 2.10. The molecule has 1 heterocycles. The molecule has 17 heavy (non-hydrogen) atoms. The van der Waals surface area contributed by atoms with E-state index < -0.39 is 0 Å². The molecule has 3 N–H and O–H groups in total. The quantitative estimate of drug-likeness (QED) is 0.582. The maximum Gasteiger partial charge on any atom is 0.188 e. The smallest absolute Gasteiger partial charge is 0.188 e. The first kappa shape index (κ1) is 14.3. The molecule has 0 aromatic rings. The van der Waals surface area contributed by atoms with Crippen molar-refractivity contribution in [2.45, 2.75) is 52.7 Å². The standard InChI is InChI=1S/C13H27N3O/c1-9(2)12-7-11(5-6-17-12)8-15-13(14)16-10(3)4/h9-12H,5-8H2,1-4H3,(H3,14,15,16). The van der Waals surface area contributed by atoms with E-state index in [1.165, 1.54) is 0 Å². The molecule has 4 nitrogen and oxygen atoms in total. The van der Waals surface area contributed by atoms with E-state index in [1.807, 2.05) is 0 Å². The van der Waals surface area contributed by atoms with Crippen LogP contribution in [0, 0.1) is 11.8 Å². The van der Waals surface area contributed by atoms with E-state index in [0.29, 0.717) is 29.9 Å². The normalized spacial score (nSPS) is 26.6. The van der Waals surface area contributed by atoms with Crippen LogP contribution in [0.1, 0.15) is 40.5 Å². The van der Waals surface area contributed by atoms with Gasteiger partial charge in [-0.3, -0.25) is 4.99 Å². The number of nitrogens with two attached hydrogens (primary N) is 1. The number of nitrogens with zero attached hydrogens (tertiary/aromatic N) is 1. The highest BCUT2D eigenvalue weighted by atomic mass is 16.5. The Bertz CT molecular complexity index is 251. The highest BCUT2D eigenvalue weighted by molar-refractivity contribution is 5.78. The summed E-state index contributed by atoms with van der Waals surface area (Å²) in [5.74, 6) is 1.77. The summed E-state index contributed by atoms with van der Waals surface area (Å²) >= 11 is 0. The van der Waals surface area contributed by atoms with Gasteiger partial charge < -0.3 is 15.8 Å². The van der Waals surface area contributed by atoms with E-state index in [2.05, 4.69) is 38.0 Å². The maximum absolute atomic E-state index is 5.79. The number of hydrogen-bond donors (Lipinski definition) is 2. The average Bonchev–Trinajstić information content (AvgIpc) is 2.26. The van der Waals surface area contributed by atoms with Gasteiger partial charge in [0, 0.05) is 19.2 Å². The molecular formula is C13H27N3O. The lowest BCUT2D eigenvalue weighted by Gasteiger charge is -2.31. The van der Waals surface area contributed by atoms with Crippen molar-refractivity contribution in [1.29, 1.82) is 0 Å². The molecular weight excluding hydrogens is 214 g/mol. The van der Waals surface area contributed by atoms with Crippen molar-refractivity contribution in [3.63, 3.8) is 0 Å². The molecule has 0 radical (unpaired) electrons. The topological polar surface area (TPSA) is 59.6 Å². The number of hydrogen-bond acceptors (Lipinski definition) is 2. The van der Waals surface area contributed by atoms with E-state index >= 15 is 0 Å². The Balaban J connectivity index is 2.36. The summed E-state index contributed by atoms with van der Waals surface area (Å²) < 4.78 is 5.75. The second kappa shape index (κ2) is 6.84. The Hall–Kier alpha value is -0.770. The summed E-state index contributed by atoms with van der Waals surface area (Å²) in [6, 6.07) is 0.344. The zero-order chi connectivity index (χ0) is 12.8. The largest absolute Gasteiger partial charge is 0.378 e. The molecule has 1 aliphatic heterocycles. The van der Waals surface area contributed by atoms with Gasteiger partial charge in [0.15, 0.2) is 5.96 Å². The maximum atomic E-state index is 5.79. The number of rotatable bonds is 4. The van der Waals surface area contributed by atoms with Crippen LogP contribution in [0.25, 0.3) is 0 Å². The summed E-state index contributed by atoms with van der Waals surface area (Å²) in [5, 5.41) is 3.11. The summed E-state index contributed by atoms with van der Waals surface area (Å²) in [5.41, 5.74) is 5.79. The van der Waals surface area contributed by atoms with Crippen LogP contribution in [0.15, 0.2) is 4.99 Å². The molecule has 1 fully saturated rings. The van der Waals surface area contributed by atoms with Crippen molar-refractivity contribution in [1.82, 2.24) is 5.32 Å².